The first-order valence-corrected chi connectivity index (χ1v) is 10.4. The Morgan fingerprint density at radius 2 is 1.53 bits per heavy atom. The number of rotatable bonds is 10. The van der Waals surface area contributed by atoms with Gasteiger partial charge in [-0.3, -0.25) is 0 Å². The molecule has 0 atom stereocenters. The zero-order valence-electron chi connectivity index (χ0n) is 17.1. The molecule has 6 heteroatoms. The smallest absolute Gasteiger partial charge is 0.160 e. The summed E-state index contributed by atoms with van der Waals surface area (Å²) in [5.74, 6) is 2.33. The van der Waals surface area contributed by atoms with Crippen LogP contribution < -0.4 is 19.5 Å². The first-order chi connectivity index (χ1) is 14.6. The molecular formula is C24H25Cl2NO3. The predicted molar refractivity (Wildman–Crippen MR) is 122 cm³/mol. The molecule has 0 aliphatic heterocycles. The largest absolute Gasteiger partial charge is 0.493 e. The molecule has 1 N–H and O–H groups in total. The van der Waals surface area contributed by atoms with E-state index in [1.165, 1.54) is 5.56 Å². The number of methoxy groups -OCH3 is 2. The Balaban J connectivity index is 1.53. The average Bonchev–Trinajstić information content (AvgIpc) is 2.78. The Kier molecular flexibility index (Phi) is 8.26. The first kappa shape index (κ1) is 22.3. The Labute approximate surface area is 187 Å². The molecule has 158 valence electrons. The molecule has 4 nitrogen and oxygen atoms in total. The van der Waals surface area contributed by atoms with E-state index in [1.54, 1.807) is 20.3 Å². The quantitative estimate of drug-likeness (QED) is 0.393. The van der Waals surface area contributed by atoms with E-state index >= 15 is 0 Å². The molecule has 0 aromatic heterocycles. The fourth-order valence-corrected chi connectivity index (χ4v) is 3.39. The van der Waals surface area contributed by atoms with Crippen LogP contribution in [0.4, 0.5) is 0 Å². The highest BCUT2D eigenvalue weighted by Gasteiger charge is 2.07. The van der Waals surface area contributed by atoms with Crippen LogP contribution in [-0.4, -0.2) is 20.8 Å². The van der Waals surface area contributed by atoms with Gasteiger partial charge in [0, 0.05) is 12.1 Å². The second-order valence-electron chi connectivity index (χ2n) is 6.76. The van der Waals surface area contributed by atoms with E-state index in [0.29, 0.717) is 23.2 Å². The fraction of sp³-hybridized carbons (Fsp3) is 0.250. The molecule has 0 radical (unpaired) electrons. The summed E-state index contributed by atoms with van der Waals surface area (Å²) < 4.78 is 16.7. The lowest BCUT2D eigenvalue weighted by molar-refractivity contribution is 0.302. The zero-order chi connectivity index (χ0) is 21.3. The molecule has 0 saturated heterocycles. The van der Waals surface area contributed by atoms with Gasteiger partial charge in [-0.25, -0.2) is 0 Å². The lowest BCUT2D eigenvalue weighted by Crippen LogP contribution is -2.17. The van der Waals surface area contributed by atoms with Crippen LogP contribution in [0.15, 0.2) is 60.7 Å². The van der Waals surface area contributed by atoms with Crippen molar-refractivity contribution in [3.8, 4) is 17.2 Å². The highest BCUT2D eigenvalue weighted by atomic mass is 35.5. The third-order valence-corrected chi connectivity index (χ3v) is 5.44. The summed E-state index contributed by atoms with van der Waals surface area (Å²) in [7, 11) is 3.29. The number of ether oxygens (including phenoxy) is 3. The molecule has 0 spiro atoms. The number of halogens is 2. The van der Waals surface area contributed by atoms with Crippen molar-refractivity contribution in [3.63, 3.8) is 0 Å². The normalized spacial score (nSPS) is 10.7. The summed E-state index contributed by atoms with van der Waals surface area (Å²) >= 11 is 12.1. The van der Waals surface area contributed by atoms with Crippen LogP contribution in [0.3, 0.4) is 0 Å². The average molecular weight is 446 g/mol. The van der Waals surface area contributed by atoms with Crippen molar-refractivity contribution in [1.29, 1.82) is 0 Å². The van der Waals surface area contributed by atoms with Crippen molar-refractivity contribution < 1.29 is 14.2 Å². The Hall–Kier alpha value is -2.40. The third-order valence-electron chi connectivity index (χ3n) is 4.70. The molecule has 0 heterocycles. The van der Waals surface area contributed by atoms with Crippen molar-refractivity contribution in [2.45, 2.75) is 19.6 Å². The van der Waals surface area contributed by atoms with E-state index in [4.69, 9.17) is 37.4 Å². The molecule has 3 aromatic rings. The Morgan fingerprint density at radius 3 is 2.30 bits per heavy atom. The number of benzene rings is 3. The fourth-order valence-electron chi connectivity index (χ4n) is 3.07. The van der Waals surface area contributed by atoms with E-state index in [1.807, 2.05) is 42.5 Å². The number of hydrogen-bond donors (Lipinski definition) is 1. The SMILES string of the molecule is COc1ccc(CCNCc2ccccc2OCc2ccc(Cl)c(Cl)c2)cc1OC. The Morgan fingerprint density at radius 1 is 0.767 bits per heavy atom. The van der Waals surface area contributed by atoms with E-state index in [9.17, 15) is 0 Å². The molecule has 0 aliphatic rings. The zero-order valence-corrected chi connectivity index (χ0v) is 18.6. The number of hydrogen-bond acceptors (Lipinski definition) is 4. The Bertz CT molecular complexity index is 978. The molecule has 0 aliphatic carbocycles. The third kappa shape index (κ3) is 6.05. The van der Waals surface area contributed by atoms with Gasteiger partial charge in [0.15, 0.2) is 11.5 Å². The monoisotopic (exact) mass is 445 g/mol. The summed E-state index contributed by atoms with van der Waals surface area (Å²) in [6, 6.07) is 19.5. The lowest BCUT2D eigenvalue weighted by atomic mass is 10.1. The molecule has 3 aromatic carbocycles. The van der Waals surface area contributed by atoms with Crippen molar-refractivity contribution in [1.82, 2.24) is 5.32 Å². The van der Waals surface area contributed by atoms with Crippen LogP contribution in [0, 0.1) is 0 Å². The second kappa shape index (κ2) is 11.1. The minimum Gasteiger partial charge on any atom is -0.493 e. The summed E-state index contributed by atoms with van der Waals surface area (Å²) in [4.78, 5) is 0. The van der Waals surface area contributed by atoms with Crippen LogP contribution in [0.5, 0.6) is 17.2 Å². The van der Waals surface area contributed by atoms with E-state index in [2.05, 4.69) is 17.4 Å². The second-order valence-corrected chi connectivity index (χ2v) is 7.58. The molecule has 3 rings (SSSR count). The number of nitrogens with one attached hydrogen (secondary N) is 1. The topological polar surface area (TPSA) is 39.7 Å². The van der Waals surface area contributed by atoms with Gasteiger partial charge in [0.25, 0.3) is 0 Å². The molecule has 0 bridgehead atoms. The minimum absolute atomic E-state index is 0.430. The summed E-state index contributed by atoms with van der Waals surface area (Å²) in [5.41, 5.74) is 3.26. The maximum absolute atomic E-state index is 6.09. The summed E-state index contributed by atoms with van der Waals surface area (Å²) in [5, 5.41) is 4.55. The molecule has 30 heavy (non-hydrogen) atoms. The van der Waals surface area contributed by atoms with Crippen LogP contribution in [-0.2, 0) is 19.6 Å². The van der Waals surface area contributed by atoms with Crippen LogP contribution in [0.25, 0.3) is 0 Å². The maximum Gasteiger partial charge on any atom is 0.160 e. The molecule has 0 amide bonds. The van der Waals surface area contributed by atoms with Crippen LogP contribution >= 0.6 is 23.2 Å². The van der Waals surface area contributed by atoms with Gasteiger partial charge in [-0.1, -0.05) is 53.5 Å². The van der Waals surface area contributed by atoms with Gasteiger partial charge < -0.3 is 19.5 Å². The number of para-hydroxylation sites is 1. The van der Waals surface area contributed by atoms with Gasteiger partial charge in [-0.2, -0.15) is 0 Å². The van der Waals surface area contributed by atoms with E-state index in [-0.39, 0.29) is 0 Å². The van der Waals surface area contributed by atoms with Crippen molar-refractivity contribution in [2.24, 2.45) is 0 Å². The van der Waals surface area contributed by atoms with Gasteiger partial charge >= 0.3 is 0 Å². The molecule has 0 unspecified atom stereocenters. The van der Waals surface area contributed by atoms with Crippen molar-refractivity contribution in [2.75, 3.05) is 20.8 Å². The lowest BCUT2D eigenvalue weighted by Gasteiger charge is -2.13. The van der Waals surface area contributed by atoms with E-state index < -0.39 is 0 Å². The van der Waals surface area contributed by atoms with Crippen LogP contribution in [0.1, 0.15) is 16.7 Å². The van der Waals surface area contributed by atoms with E-state index in [0.717, 1.165) is 41.3 Å². The van der Waals surface area contributed by atoms with Gasteiger partial charge in [0.05, 0.1) is 24.3 Å². The highest BCUT2D eigenvalue weighted by Crippen LogP contribution is 2.28. The van der Waals surface area contributed by atoms with Crippen molar-refractivity contribution >= 4 is 23.2 Å². The van der Waals surface area contributed by atoms with Gasteiger partial charge in [0.1, 0.15) is 12.4 Å². The highest BCUT2D eigenvalue weighted by molar-refractivity contribution is 6.42. The first-order valence-electron chi connectivity index (χ1n) is 9.67. The molecular weight excluding hydrogens is 421 g/mol. The minimum atomic E-state index is 0.430. The summed E-state index contributed by atoms with van der Waals surface area (Å²) in [6.07, 6.45) is 0.882. The van der Waals surface area contributed by atoms with Gasteiger partial charge in [-0.05, 0) is 54.4 Å². The maximum atomic E-state index is 6.09. The molecule has 0 fully saturated rings. The van der Waals surface area contributed by atoms with Crippen LogP contribution in [0.2, 0.25) is 10.0 Å². The van der Waals surface area contributed by atoms with Crippen molar-refractivity contribution in [3.05, 3.63) is 87.4 Å². The van der Waals surface area contributed by atoms with Gasteiger partial charge in [0.2, 0.25) is 0 Å². The van der Waals surface area contributed by atoms with Gasteiger partial charge in [-0.15, -0.1) is 0 Å². The predicted octanol–water partition coefficient (Wildman–Crippen LogP) is 5.92. The summed E-state index contributed by atoms with van der Waals surface area (Å²) in [6.45, 7) is 1.97. The molecule has 0 saturated carbocycles. The standard InChI is InChI=1S/C24H25Cl2NO3/c1-28-23-10-8-17(14-24(23)29-2)11-12-27-15-19-5-3-4-6-22(19)30-16-18-7-9-20(25)21(26)13-18/h3-10,13-14,27H,11-12,15-16H2,1-2H3.